The van der Waals surface area contributed by atoms with Crippen LogP contribution in [0, 0.1) is 11.8 Å². The van der Waals surface area contributed by atoms with Gasteiger partial charge < -0.3 is 19.3 Å². The SMILES string of the molecule is CCCCC(CC)CC1OC1COC1(CC(CC)CCCC)OC1CO. The number of rotatable bonds is 16. The lowest BCUT2D eigenvalue weighted by Crippen LogP contribution is -2.27. The van der Waals surface area contributed by atoms with Crippen molar-refractivity contribution in [2.75, 3.05) is 13.2 Å². The number of epoxide rings is 2. The van der Waals surface area contributed by atoms with Gasteiger partial charge in [-0.05, 0) is 18.3 Å². The highest BCUT2D eigenvalue weighted by Gasteiger charge is 2.59. The van der Waals surface area contributed by atoms with E-state index in [0.29, 0.717) is 18.6 Å². The Kier molecular flexibility index (Phi) is 9.36. The van der Waals surface area contributed by atoms with Crippen LogP contribution >= 0.6 is 0 Å². The number of aliphatic hydroxyl groups is 1. The van der Waals surface area contributed by atoms with Gasteiger partial charge in [0.15, 0.2) is 5.79 Å². The predicted molar refractivity (Wildman–Crippen MR) is 105 cm³/mol. The first-order chi connectivity index (χ1) is 12.6. The van der Waals surface area contributed by atoms with E-state index < -0.39 is 5.79 Å². The van der Waals surface area contributed by atoms with Gasteiger partial charge in [0.2, 0.25) is 0 Å². The van der Waals surface area contributed by atoms with Gasteiger partial charge in [0.05, 0.1) is 19.3 Å². The first-order valence-corrected chi connectivity index (χ1v) is 11.2. The monoisotopic (exact) mass is 370 g/mol. The van der Waals surface area contributed by atoms with E-state index in [9.17, 15) is 5.11 Å². The van der Waals surface area contributed by atoms with Crippen molar-refractivity contribution in [1.82, 2.24) is 0 Å². The van der Waals surface area contributed by atoms with Crippen molar-refractivity contribution < 1.29 is 19.3 Å². The lowest BCUT2D eigenvalue weighted by Gasteiger charge is -2.20. The molecule has 1 N–H and O–H groups in total. The number of unbranched alkanes of at least 4 members (excludes halogenated alkanes) is 2. The Bertz CT molecular complexity index is 388. The van der Waals surface area contributed by atoms with Crippen LogP contribution in [0.25, 0.3) is 0 Å². The number of aliphatic hydroxyl groups excluding tert-OH is 1. The maximum Gasteiger partial charge on any atom is 0.198 e. The Balaban J connectivity index is 1.74. The molecule has 0 bridgehead atoms. The van der Waals surface area contributed by atoms with E-state index >= 15 is 0 Å². The molecule has 0 aromatic rings. The first kappa shape index (κ1) is 22.1. The summed E-state index contributed by atoms with van der Waals surface area (Å²) in [6.07, 6.45) is 12.5. The smallest absolute Gasteiger partial charge is 0.198 e. The van der Waals surface area contributed by atoms with Gasteiger partial charge in [-0.1, -0.05) is 79.1 Å². The second kappa shape index (κ2) is 11.0. The average Bonchev–Trinajstić information content (AvgIpc) is 3.56. The van der Waals surface area contributed by atoms with Crippen molar-refractivity contribution in [3.8, 4) is 0 Å². The molecule has 6 unspecified atom stereocenters. The van der Waals surface area contributed by atoms with E-state index in [-0.39, 0.29) is 18.8 Å². The maximum absolute atomic E-state index is 9.53. The zero-order valence-electron chi connectivity index (χ0n) is 17.5. The van der Waals surface area contributed by atoms with Gasteiger partial charge in [-0.25, -0.2) is 0 Å². The van der Waals surface area contributed by atoms with Crippen molar-refractivity contribution in [2.45, 2.75) is 116 Å². The second-order valence-electron chi connectivity index (χ2n) is 8.40. The summed E-state index contributed by atoms with van der Waals surface area (Å²) in [7, 11) is 0. The van der Waals surface area contributed by atoms with Gasteiger partial charge in [0.1, 0.15) is 12.2 Å². The summed E-state index contributed by atoms with van der Waals surface area (Å²) in [5.41, 5.74) is 0. The third-order valence-corrected chi connectivity index (χ3v) is 6.35. The molecule has 6 atom stereocenters. The predicted octanol–water partition coefficient (Wildman–Crippen LogP) is 5.07. The molecule has 0 aliphatic carbocycles. The quantitative estimate of drug-likeness (QED) is 0.385. The molecule has 0 spiro atoms. The van der Waals surface area contributed by atoms with Crippen LogP contribution in [0.3, 0.4) is 0 Å². The van der Waals surface area contributed by atoms with Crippen molar-refractivity contribution in [3.05, 3.63) is 0 Å². The minimum absolute atomic E-state index is 0.0497. The van der Waals surface area contributed by atoms with E-state index in [1.807, 2.05) is 0 Å². The van der Waals surface area contributed by atoms with Gasteiger partial charge in [0, 0.05) is 6.42 Å². The fourth-order valence-electron chi connectivity index (χ4n) is 4.16. The summed E-state index contributed by atoms with van der Waals surface area (Å²) >= 11 is 0. The van der Waals surface area contributed by atoms with E-state index in [2.05, 4.69) is 27.7 Å². The molecule has 2 rings (SSSR count). The highest BCUT2D eigenvalue weighted by Crippen LogP contribution is 2.45. The first-order valence-electron chi connectivity index (χ1n) is 11.2. The Morgan fingerprint density at radius 1 is 0.962 bits per heavy atom. The Morgan fingerprint density at radius 3 is 2.15 bits per heavy atom. The Labute approximate surface area is 161 Å². The standard InChI is InChI=1S/C22H42O4/c1-5-9-11-17(7-3)13-19-20(25-19)16-24-22(21(15-23)26-22)14-18(8-4)12-10-6-2/h17-21,23H,5-16H2,1-4H3. The van der Waals surface area contributed by atoms with Gasteiger partial charge >= 0.3 is 0 Å². The molecule has 4 heteroatoms. The third kappa shape index (κ3) is 6.47. The highest BCUT2D eigenvalue weighted by atomic mass is 16.8. The van der Waals surface area contributed by atoms with Gasteiger partial charge in [-0.15, -0.1) is 0 Å². The van der Waals surface area contributed by atoms with Gasteiger partial charge in [-0.3, -0.25) is 0 Å². The molecular formula is C22H42O4. The summed E-state index contributed by atoms with van der Waals surface area (Å²) in [5, 5.41) is 9.53. The summed E-state index contributed by atoms with van der Waals surface area (Å²) in [4.78, 5) is 0. The van der Waals surface area contributed by atoms with Crippen LogP contribution in [-0.4, -0.2) is 42.4 Å². The van der Waals surface area contributed by atoms with Crippen molar-refractivity contribution >= 4 is 0 Å². The van der Waals surface area contributed by atoms with E-state index in [1.165, 1.54) is 44.9 Å². The van der Waals surface area contributed by atoms with Crippen LogP contribution in [0.1, 0.15) is 91.9 Å². The third-order valence-electron chi connectivity index (χ3n) is 6.35. The fourth-order valence-corrected chi connectivity index (χ4v) is 4.16. The van der Waals surface area contributed by atoms with Crippen molar-refractivity contribution in [1.29, 1.82) is 0 Å². The minimum Gasteiger partial charge on any atom is -0.393 e. The zero-order valence-corrected chi connectivity index (χ0v) is 17.5. The van der Waals surface area contributed by atoms with Gasteiger partial charge in [-0.2, -0.15) is 0 Å². The Hall–Kier alpha value is -0.160. The lowest BCUT2D eigenvalue weighted by atomic mass is 9.92. The van der Waals surface area contributed by atoms with Crippen LogP contribution in [0.4, 0.5) is 0 Å². The molecule has 0 saturated carbocycles. The van der Waals surface area contributed by atoms with Gasteiger partial charge in [0.25, 0.3) is 0 Å². The number of hydrogen-bond acceptors (Lipinski definition) is 4. The second-order valence-corrected chi connectivity index (χ2v) is 8.40. The van der Waals surface area contributed by atoms with Crippen LogP contribution in [-0.2, 0) is 14.2 Å². The highest BCUT2D eigenvalue weighted by molar-refractivity contribution is 4.97. The number of hydrogen-bond donors (Lipinski definition) is 1. The molecule has 2 aliphatic rings. The van der Waals surface area contributed by atoms with Crippen LogP contribution < -0.4 is 0 Å². The maximum atomic E-state index is 9.53. The molecule has 2 saturated heterocycles. The summed E-state index contributed by atoms with van der Waals surface area (Å²) in [5.74, 6) is 0.840. The summed E-state index contributed by atoms with van der Waals surface area (Å²) in [6, 6.07) is 0. The molecule has 0 aromatic carbocycles. The molecule has 154 valence electrons. The molecular weight excluding hydrogens is 328 g/mol. The minimum atomic E-state index is -0.550. The van der Waals surface area contributed by atoms with E-state index in [0.717, 1.165) is 25.2 Å². The fraction of sp³-hybridized carbons (Fsp3) is 1.00. The van der Waals surface area contributed by atoms with Crippen LogP contribution in [0.2, 0.25) is 0 Å². The number of ether oxygens (including phenoxy) is 3. The molecule has 26 heavy (non-hydrogen) atoms. The molecule has 2 heterocycles. The molecule has 0 amide bonds. The zero-order chi connectivity index (χ0) is 19.0. The summed E-state index contributed by atoms with van der Waals surface area (Å²) in [6.45, 7) is 9.68. The van der Waals surface area contributed by atoms with Crippen molar-refractivity contribution in [3.63, 3.8) is 0 Å². The molecule has 4 nitrogen and oxygen atoms in total. The summed E-state index contributed by atoms with van der Waals surface area (Å²) < 4.78 is 17.9. The molecule has 2 fully saturated rings. The normalized spacial score (nSPS) is 32.4. The molecule has 0 aromatic heterocycles. The van der Waals surface area contributed by atoms with Crippen molar-refractivity contribution in [2.24, 2.45) is 11.8 Å². The molecule has 0 radical (unpaired) electrons. The topological polar surface area (TPSA) is 54.5 Å². The average molecular weight is 371 g/mol. The van der Waals surface area contributed by atoms with Crippen LogP contribution in [0.15, 0.2) is 0 Å². The van der Waals surface area contributed by atoms with E-state index in [1.54, 1.807) is 0 Å². The van der Waals surface area contributed by atoms with E-state index in [4.69, 9.17) is 14.2 Å². The Morgan fingerprint density at radius 2 is 1.62 bits per heavy atom. The largest absolute Gasteiger partial charge is 0.393 e. The molecule has 2 aliphatic heterocycles. The lowest BCUT2D eigenvalue weighted by molar-refractivity contribution is -0.0650. The van der Waals surface area contributed by atoms with Crippen LogP contribution in [0.5, 0.6) is 0 Å².